The third-order valence-corrected chi connectivity index (χ3v) is 3.92. The van der Waals surface area contributed by atoms with Crippen molar-refractivity contribution >= 4 is 0 Å². The van der Waals surface area contributed by atoms with Crippen LogP contribution in [0, 0.1) is 0 Å². The molecule has 0 saturated carbocycles. The summed E-state index contributed by atoms with van der Waals surface area (Å²) < 4.78 is 0. The number of hydrogen-bond acceptors (Lipinski definition) is 2. The molecular formula is C17H19NO. The Morgan fingerprint density at radius 1 is 1.05 bits per heavy atom. The van der Waals surface area contributed by atoms with E-state index in [2.05, 4.69) is 29.6 Å². The van der Waals surface area contributed by atoms with E-state index in [1.165, 1.54) is 22.3 Å². The van der Waals surface area contributed by atoms with Crippen LogP contribution < -0.4 is 5.32 Å². The molecule has 0 unspecified atom stereocenters. The highest BCUT2D eigenvalue weighted by Gasteiger charge is 2.18. The van der Waals surface area contributed by atoms with E-state index in [1.54, 1.807) is 6.07 Å². The number of benzene rings is 2. The minimum atomic E-state index is 0.397. The highest BCUT2D eigenvalue weighted by atomic mass is 16.3. The first-order chi connectivity index (χ1) is 9.31. The smallest absolute Gasteiger partial charge is 0.123 e. The van der Waals surface area contributed by atoms with E-state index in [0.717, 1.165) is 31.4 Å². The molecule has 0 aromatic heterocycles. The number of rotatable bonds is 2. The fourth-order valence-corrected chi connectivity index (χ4v) is 3.06. The second-order valence-corrected chi connectivity index (χ2v) is 5.14. The number of hydrogen-bond donors (Lipinski definition) is 2. The van der Waals surface area contributed by atoms with Crippen molar-refractivity contribution < 1.29 is 5.11 Å². The first-order valence-corrected chi connectivity index (χ1v) is 6.88. The number of phenolic OH excluding ortho intramolecular Hbond substituents is 1. The lowest BCUT2D eigenvalue weighted by atomic mass is 9.85. The fraction of sp³-hybridized carbons (Fsp3) is 0.294. The van der Waals surface area contributed by atoms with Crippen molar-refractivity contribution in [2.24, 2.45) is 0 Å². The Kier molecular flexibility index (Phi) is 3.26. The molecule has 98 valence electrons. The third kappa shape index (κ3) is 2.13. The molecule has 3 rings (SSSR count). The molecule has 0 aliphatic heterocycles. The standard InChI is InChI=1S/C17H19NO/c1-18-11-15-12-5-2-7-13-8-4-10-16(19)17(13)14(15)9-3-6-12/h3-4,6,8-10,18-19H,2,5,7,11H2,1H3. The lowest BCUT2D eigenvalue weighted by Crippen LogP contribution is -2.11. The van der Waals surface area contributed by atoms with Crippen molar-refractivity contribution in [3.05, 3.63) is 53.1 Å². The number of aryl methyl sites for hydroxylation is 2. The van der Waals surface area contributed by atoms with Crippen LogP contribution in [0.4, 0.5) is 0 Å². The maximum absolute atomic E-state index is 10.3. The lowest BCUT2D eigenvalue weighted by Gasteiger charge is -2.21. The predicted octanol–water partition coefficient (Wildman–Crippen LogP) is 3.27. The van der Waals surface area contributed by atoms with E-state index >= 15 is 0 Å². The van der Waals surface area contributed by atoms with Crippen molar-refractivity contribution in [3.8, 4) is 16.9 Å². The van der Waals surface area contributed by atoms with Gasteiger partial charge in [-0.25, -0.2) is 0 Å². The van der Waals surface area contributed by atoms with Gasteiger partial charge in [-0.1, -0.05) is 30.3 Å². The Labute approximate surface area is 114 Å². The van der Waals surface area contributed by atoms with Gasteiger partial charge >= 0.3 is 0 Å². The van der Waals surface area contributed by atoms with Crippen molar-refractivity contribution in [3.63, 3.8) is 0 Å². The van der Waals surface area contributed by atoms with Crippen molar-refractivity contribution in [1.82, 2.24) is 5.32 Å². The zero-order chi connectivity index (χ0) is 13.2. The number of fused-ring (bicyclic) bond motifs is 4. The molecule has 0 atom stereocenters. The molecule has 1 aliphatic rings. The Hall–Kier alpha value is -1.80. The summed E-state index contributed by atoms with van der Waals surface area (Å²) in [6.45, 7) is 0.847. The predicted molar refractivity (Wildman–Crippen MR) is 78.3 cm³/mol. The van der Waals surface area contributed by atoms with E-state index < -0.39 is 0 Å². The first-order valence-electron chi connectivity index (χ1n) is 6.88. The monoisotopic (exact) mass is 253 g/mol. The van der Waals surface area contributed by atoms with E-state index in [9.17, 15) is 5.11 Å². The average molecular weight is 253 g/mol. The summed E-state index contributed by atoms with van der Waals surface area (Å²) in [7, 11) is 1.97. The van der Waals surface area contributed by atoms with Gasteiger partial charge in [0.1, 0.15) is 5.75 Å². The van der Waals surface area contributed by atoms with Gasteiger partial charge in [-0.2, -0.15) is 0 Å². The second-order valence-electron chi connectivity index (χ2n) is 5.14. The van der Waals surface area contributed by atoms with Crippen LogP contribution in [-0.4, -0.2) is 12.2 Å². The zero-order valence-corrected chi connectivity index (χ0v) is 11.2. The maximum atomic E-state index is 10.3. The van der Waals surface area contributed by atoms with Crippen LogP contribution in [0.15, 0.2) is 36.4 Å². The molecule has 0 fully saturated rings. The summed E-state index contributed by atoms with van der Waals surface area (Å²) in [5.74, 6) is 0.397. The maximum Gasteiger partial charge on any atom is 0.123 e. The Bertz CT molecular complexity index is 604. The molecule has 2 bridgehead atoms. The van der Waals surface area contributed by atoms with Crippen LogP contribution in [0.25, 0.3) is 11.1 Å². The van der Waals surface area contributed by atoms with E-state index in [4.69, 9.17) is 0 Å². The molecule has 2 aromatic rings. The molecule has 2 nitrogen and oxygen atoms in total. The molecule has 19 heavy (non-hydrogen) atoms. The topological polar surface area (TPSA) is 32.3 Å². The van der Waals surface area contributed by atoms with Gasteiger partial charge in [0.15, 0.2) is 0 Å². The summed E-state index contributed by atoms with van der Waals surface area (Å²) >= 11 is 0. The van der Waals surface area contributed by atoms with Crippen molar-refractivity contribution in [1.29, 1.82) is 0 Å². The Morgan fingerprint density at radius 3 is 2.63 bits per heavy atom. The minimum Gasteiger partial charge on any atom is -0.507 e. The molecule has 0 saturated heterocycles. The van der Waals surface area contributed by atoms with Gasteiger partial charge < -0.3 is 10.4 Å². The molecule has 0 spiro atoms. The number of phenols is 1. The van der Waals surface area contributed by atoms with Gasteiger partial charge in [0.25, 0.3) is 0 Å². The lowest BCUT2D eigenvalue weighted by molar-refractivity contribution is 0.476. The minimum absolute atomic E-state index is 0.397. The quantitative estimate of drug-likeness (QED) is 0.861. The van der Waals surface area contributed by atoms with Gasteiger partial charge in [-0.15, -0.1) is 0 Å². The van der Waals surface area contributed by atoms with E-state index in [0.29, 0.717) is 5.75 Å². The second kappa shape index (κ2) is 5.06. The van der Waals surface area contributed by atoms with Gasteiger partial charge in [0.2, 0.25) is 0 Å². The normalized spacial score (nSPS) is 13.5. The van der Waals surface area contributed by atoms with Crippen LogP contribution in [0.3, 0.4) is 0 Å². The van der Waals surface area contributed by atoms with Gasteiger partial charge in [-0.3, -0.25) is 0 Å². The summed E-state index contributed by atoms with van der Waals surface area (Å²) in [5.41, 5.74) is 6.19. The highest BCUT2D eigenvalue weighted by Crippen LogP contribution is 2.38. The number of aromatic hydroxyl groups is 1. The molecule has 0 amide bonds. The molecule has 1 aliphatic carbocycles. The Balaban J connectivity index is 2.29. The molecule has 2 heteroatoms. The Morgan fingerprint density at radius 2 is 1.79 bits per heavy atom. The summed E-state index contributed by atoms with van der Waals surface area (Å²) in [6, 6.07) is 12.3. The van der Waals surface area contributed by atoms with Crippen molar-refractivity contribution in [2.45, 2.75) is 25.8 Å². The van der Waals surface area contributed by atoms with E-state index in [-0.39, 0.29) is 0 Å². The van der Waals surface area contributed by atoms with Crippen LogP contribution in [0.2, 0.25) is 0 Å². The van der Waals surface area contributed by atoms with Gasteiger partial charge in [-0.05, 0) is 54.6 Å². The van der Waals surface area contributed by atoms with Gasteiger partial charge in [0, 0.05) is 12.1 Å². The molecule has 0 heterocycles. The summed E-state index contributed by atoms with van der Waals surface area (Å²) in [4.78, 5) is 0. The summed E-state index contributed by atoms with van der Waals surface area (Å²) in [5, 5.41) is 13.5. The van der Waals surface area contributed by atoms with Crippen molar-refractivity contribution in [2.75, 3.05) is 7.05 Å². The molecule has 2 N–H and O–H groups in total. The van der Waals surface area contributed by atoms with Crippen LogP contribution >= 0.6 is 0 Å². The average Bonchev–Trinajstić information content (AvgIpc) is 2.41. The third-order valence-electron chi connectivity index (χ3n) is 3.92. The highest BCUT2D eigenvalue weighted by molar-refractivity contribution is 5.77. The van der Waals surface area contributed by atoms with E-state index in [1.807, 2.05) is 13.1 Å². The first kappa shape index (κ1) is 12.2. The van der Waals surface area contributed by atoms with Crippen LogP contribution in [0.1, 0.15) is 23.1 Å². The largest absolute Gasteiger partial charge is 0.507 e. The molecular weight excluding hydrogens is 234 g/mol. The summed E-state index contributed by atoms with van der Waals surface area (Å²) in [6.07, 6.45) is 3.28. The van der Waals surface area contributed by atoms with Crippen LogP contribution in [-0.2, 0) is 19.4 Å². The van der Waals surface area contributed by atoms with Gasteiger partial charge in [0.05, 0.1) is 0 Å². The zero-order valence-electron chi connectivity index (χ0n) is 11.2. The molecule has 0 radical (unpaired) electrons. The molecule has 2 aromatic carbocycles. The number of nitrogens with one attached hydrogen (secondary N) is 1. The van der Waals surface area contributed by atoms with Crippen LogP contribution in [0.5, 0.6) is 5.75 Å². The SMILES string of the molecule is CNCc1c2cccc1-c1c(O)cccc1CCC2. The fourth-order valence-electron chi connectivity index (χ4n) is 3.06.